The quantitative estimate of drug-likeness (QED) is 0.903. The fraction of sp³-hybridized carbons (Fsp3) is 0.357. The number of nitrogens with zero attached hydrogens (tertiary/aromatic N) is 2. The first-order valence-electron chi connectivity index (χ1n) is 6.53. The van der Waals surface area contributed by atoms with E-state index in [0.29, 0.717) is 22.6 Å². The molecular formula is C14H19N3O3S. The van der Waals surface area contributed by atoms with Gasteiger partial charge in [-0.3, -0.25) is 9.40 Å². The molecule has 0 aliphatic rings. The summed E-state index contributed by atoms with van der Waals surface area (Å²) in [6.07, 6.45) is -0.656. The lowest BCUT2D eigenvalue weighted by Gasteiger charge is -2.11. The molecule has 0 bridgehead atoms. The largest absolute Gasteiger partial charge is 0.389 e. The normalized spacial score (nSPS) is 13.2. The highest BCUT2D eigenvalue weighted by molar-refractivity contribution is 7.92. The molecule has 2 aromatic rings. The molecule has 0 saturated heterocycles. The van der Waals surface area contributed by atoms with E-state index in [1.165, 1.54) is 4.68 Å². The molecule has 114 valence electrons. The average Bonchev–Trinajstić information content (AvgIpc) is 2.63. The van der Waals surface area contributed by atoms with E-state index in [-0.39, 0.29) is 4.90 Å². The van der Waals surface area contributed by atoms with Gasteiger partial charge in [0.1, 0.15) is 4.90 Å². The third kappa shape index (κ3) is 3.08. The SMILES string of the molecule is Cc1nn(C)c(C)c1S(=O)(=O)Nc1cccc(C(C)O)c1. The predicted octanol–water partition coefficient (Wildman–Crippen LogP) is 1.89. The Morgan fingerprint density at radius 1 is 1.33 bits per heavy atom. The first-order valence-corrected chi connectivity index (χ1v) is 8.01. The molecule has 7 heteroatoms. The molecule has 21 heavy (non-hydrogen) atoms. The highest BCUT2D eigenvalue weighted by Crippen LogP contribution is 2.23. The number of nitrogens with one attached hydrogen (secondary N) is 1. The minimum atomic E-state index is -3.71. The summed E-state index contributed by atoms with van der Waals surface area (Å²) in [5, 5.41) is 13.7. The monoisotopic (exact) mass is 309 g/mol. The van der Waals surface area contributed by atoms with Crippen LogP contribution in [-0.4, -0.2) is 23.3 Å². The van der Waals surface area contributed by atoms with Gasteiger partial charge in [0.05, 0.1) is 17.5 Å². The number of hydrogen-bond acceptors (Lipinski definition) is 4. The van der Waals surface area contributed by atoms with Gasteiger partial charge in [0.2, 0.25) is 0 Å². The first kappa shape index (κ1) is 15.5. The summed E-state index contributed by atoms with van der Waals surface area (Å²) in [4.78, 5) is 0.187. The van der Waals surface area contributed by atoms with Crippen LogP contribution in [0, 0.1) is 13.8 Å². The molecule has 0 spiro atoms. The summed E-state index contributed by atoms with van der Waals surface area (Å²) in [6.45, 7) is 5.00. The van der Waals surface area contributed by atoms with Crippen LogP contribution in [-0.2, 0) is 17.1 Å². The topological polar surface area (TPSA) is 84.2 Å². The minimum absolute atomic E-state index is 0.187. The van der Waals surface area contributed by atoms with Gasteiger partial charge in [0.25, 0.3) is 10.0 Å². The Labute approximate surface area is 124 Å². The van der Waals surface area contributed by atoms with Crippen molar-refractivity contribution < 1.29 is 13.5 Å². The van der Waals surface area contributed by atoms with E-state index < -0.39 is 16.1 Å². The summed E-state index contributed by atoms with van der Waals surface area (Å²) >= 11 is 0. The Morgan fingerprint density at radius 2 is 2.00 bits per heavy atom. The lowest BCUT2D eigenvalue weighted by atomic mass is 10.1. The van der Waals surface area contributed by atoms with Crippen molar-refractivity contribution in [1.29, 1.82) is 0 Å². The van der Waals surface area contributed by atoms with Crippen molar-refractivity contribution in [1.82, 2.24) is 9.78 Å². The molecule has 1 heterocycles. The Bertz CT molecular complexity index is 764. The van der Waals surface area contributed by atoms with E-state index in [4.69, 9.17) is 0 Å². The zero-order valence-corrected chi connectivity index (χ0v) is 13.3. The van der Waals surface area contributed by atoms with Gasteiger partial charge in [-0.25, -0.2) is 8.42 Å². The lowest BCUT2D eigenvalue weighted by molar-refractivity contribution is 0.199. The van der Waals surface area contributed by atoms with Crippen LogP contribution in [0.3, 0.4) is 0 Å². The van der Waals surface area contributed by atoms with Crippen LogP contribution >= 0.6 is 0 Å². The van der Waals surface area contributed by atoms with Gasteiger partial charge >= 0.3 is 0 Å². The van der Waals surface area contributed by atoms with Crippen molar-refractivity contribution in [3.05, 3.63) is 41.2 Å². The van der Waals surface area contributed by atoms with Gasteiger partial charge in [0, 0.05) is 12.7 Å². The lowest BCUT2D eigenvalue weighted by Crippen LogP contribution is -2.15. The summed E-state index contributed by atoms with van der Waals surface area (Å²) in [7, 11) is -2.01. The van der Waals surface area contributed by atoms with Crippen LogP contribution in [0.5, 0.6) is 0 Å². The molecule has 0 fully saturated rings. The maximum absolute atomic E-state index is 12.5. The number of aliphatic hydroxyl groups excluding tert-OH is 1. The summed E-state index contributed by atoms with van der Waals surface area (Å²) in [5.74, 6) is 0. The van der Waals surface area contributed by atoms with Crippen LogP contribution in [0.15, 0.2) is 29.2 Å². The Morgan fingerprint density at radius 3 is 2.52 bits per heavy atom. The Kier molecular flexibility index (Phi) is 4.06. The number of anilines is 1. The molecule has 0 radical (unpaired) electrons. The fourth-order valence-corrected chi connectivity index (χ4v) is 3.70. The van der Waals surface area contributed by atoms with Crippen molar-refractivity contribution in [2.45, 2.75) is 31.8 Å². The Hall–Kier alpha value is -1.86. The third-order valence-corrected chi connectivity index (χ3v) is 4.97. The molecule has 1 aromatic carbocycles. The Balaban J connectivity index is 2.40. The van der Waals surface area contributed by atoms with Crippen LogP contribution in [0.2, 0.25) is 0 Å². The van der Waals surface area contributed by atoms with Crippen LogP contribution in [0.4, 0.5) is 5.69 Å². The van der Waals surface area contributed by atoms with Crippen molar-refractivity contribution in [2.24, 2.45) is 7.05 Å². The van der Waals surface area contributed by atoms with E-state index in [9.17, 15) is 13.5 Å². The molecular weight excluding hydrogens is 290 g/mol. The minimum Gasteiger partial charge on any atom is -0.389 e. The second kappa shape index (κ2) is 5.50. The van der Waals surface area contributed by atoms with Crippen molar-refractivity contribution in [3.63, 3.8) is 0 Å². The van der Waals surface area contributed by atoms with Gasteiger partial charge in [-0.2, -0.15) is 5.10 Å². The molecule has 0 aliphatic heterocycles. The number of aryl methyl sites for hydroxylation is 2. The molecule has 2 N–H and O–H groups in total. The fourth-order valence-electron chi connectivity index (χ4n) is 2.21. The molecule has 2 rings (SSSR count). The van der Waals surface area contributed by atoms with E-state index >= 15 is 0 Å². The van der Waals surface area contributed by atoms with Crippen LogP contribution in [0.1, 0.15) is 30.0 Å². The van der Waals surface area contributed by atoms with E-state index in [1.807, 2.05) is 0 Å². The van der Waals surface area contributed by atoms with Crippen molar-refractivity contribution in [3.8, 4) is 0 Å². The highest BCUT2D eigenvalue weighted by Gasteiger charge is 2.23. The number of sulfonamides is 1. The van der Waals surface area contributed by atoms with Gasteiger partial charge in [-0.1, -0.05) is 12.1 Å². The molecule has 1 atom stereocenters. The molecule has 0 saturated carbocycles. The van der Waals surface area contributed by atoms with E-state index in [1.54, 1.807) is 52.1 Å². The van der Waals surface area contributed by atoms with E-state index in [0.717, 1.165) is 0 Å². The van der Waals surface area contributed by atoms with Crippen molar-refractivity contribution >= 4 is 15.7 Å². The predicted molar refractivity (Wildman–Crippen MR) is 80.6 cm³/mol. The molecule has 6 nitrogen and oxygen atoms in total. The van der Waals surface area contributed by atoms with Crippen LogP contribution < -0.4 is 4.72 Å². The molecule has 1 unspecified atom stereocenters. The third-order valence-electron chi connectivity index (χ3n) is 3.33. The highest BCUT2D eigenvalue weighted by atomic mass is 32.2. The zero-order chi connectivity index (χ0) is 15.8. The molecule has 1 aromatic heterocycles. The number of aliphatic hydroxyl groups is 1. The van der Waals surface area contributed by atoms with E-state index in [2.05, 4.69) is 9.82 Å². The van der Waals surface area contributed by atoms with Crippen LogP contribution in [0.25, 0.3) is 0 Å². The number of benzene rings is 1. The smallest absolute Gasteiger partial charge is 0.265 e. The summed E-state index contributed by atoms with van der Waals surface area (Å²) < 4.78 is 29.1. The second-order valence-electron chi connectivity index (χ2n) is 5.03. The van der Waals surface area contributed by atoms with Gasteiger partial charge < -0.3 is 5.11 Å². The zero-order valence-electron chi connectivity index (χ0n) is 12.5. The standard InChI is InChI=1S/C14H19N3O3S/c1-9-14(10(2)17(4)15-9)21(19,20)16-13-7-5-6-12(8-13)11(3)18/h5-8,11,16,18H,1-4H3. The second-order valence-corrected chi connectivity index (χ2v) is 6.65. The number of hydrogen-bond donors (Lipinski definition) is 2. The maximum Gasteiger partial charge on any atom is 0.265 e. The summed E-state index contributed by atoms with van der Waals surface area (Å²) in [6, 6.07) is 6.69. The summed E-state index contributed by atoms with van der Waals surface area (Å²) in [5.41, 5.74) is 2.09. The first-order chi connectivity index (χ1) is 9.72. The average molecular weight is 309 g/mol. The molecule has 0 amide bonds. The van der Waals surface area contributed by atoms with Gasteiger partial charge in [0.15, 0.2) is 0 Å². The van der Waals surface area contributed by atoms with Gasteiger partial charge in [-0.05, 0) is 38.5 Å². The molecule has 0 aliphatic carbocycles. The maximum atomic E-state index is 12.5. The number of aromatic nitrogens is 2. The van der Waals surface area contributed by atoms with Gasteiger partial charge in [-0.15, -0.1) is 0 Å². The van der Waals surface area contributed by atoms with Crippen molar-refractivity contribution in [2.75, 3.05) is 4.72 Å². The number of rotatable bonds is 4.